The van der Waals surface area contributed by atoms with E-state index in [9.17, 15) is 0 Å². The van der Waals surface area contributed by atoms with Crippen LogP contribution in [-0.4, -0.2) is 11.0 Å². The molecule has 0 radical (unpaired) electrons. The molecule has 0 aliphatic carbocycles. The summed E-state index contributed by atoms with van der Waals surface area (Å²) in [5.74, 6) is 0.790. The zero-order valence-corrected chi connectivity index (χ0v) is 9.80. The third-order valence-electron chi connectivity index (χ3n) is 1.97. The molecule has 1 N–H and O–H groups in total. The Morgan fingerprint density at radius 2 is 2.43 bits per heavy atom. The molecule has 1 aromatic rings. The van der Waals surface area contributed by atoms with Gasteiger partial charge in [-0.25, -0.2) is 4.98 Å². The number of pyridine rings is 1. The molecule has 1 heterocycles. The van der Waals surface area contributed by atoms with Gasteiger partial charge in [-0.3, -0.25) is 0 Å². The summed E-state index contributed by atoms with van der Waals surface area (Å²) >= 11 is 3.37. The van der Waals surface area contributed by atoms with Gasteiger partial charge >= 0.3 is 0 Å². The van der Waals surface area contributed by atoms with Gasteiger partial charge in [0.1, 0.15) is 11.9 Å². The first-order valence-electron chi connectivity index (χ1n) is 4.49. The van der Waals surface area contributed by atoms with Gasteiger partial charge in [0, 0.05) is 12.2 Å². The molecule has 1 atom stereocenters. The number of hydrogen-bond donors (Lipinski definition) is 1. The Morgan fingerprint density at radius 1 is 1.71 bits per heavy atom. The second-order valence-corrected chi connectivity index (χ2v) is 3.97. The molecule has 0 amide bonds. The van der Waals surface area contributed by atoms with Gasteiger partial charge in [0.25, 0.3) is 0 Å². The Bertz CT molecular complexity index is 357. The zero-order chi connectivity index (χ0) is 10.6. The number of nitriles is 1. The van der Waals surface area contributed by atoms with E-state index in [1.807, 2.05) is 6.07 Å². The van der Waals surface area contributed by atoms with Gasteiger partial charge in [-0.05, 0) is 35.3 Å². The first-order chi connectivity index (χ1) is 6.67. The Kier molecular flexibility index (Phi) is 3.90. The number of rotatable bonds is 3. The van der Waals surface area contributed by atoms with Crippen LogP contribution in [0.4, 0.5) is 5.82 Å². The Hall–Kier alpha value is -1.08. The van der Waals surface area contributed by atoms with Crippen molar-refractivity contribution in [3.05, 3.63) is 22.3 Å². The van der Waals surface area contributed by atoms with Crippen molar-refractivity contribution < 1.29 is 0 Å². The molecule has 0 spiro atoms. The maximum Gasteiger partial charge on any atom is 0.140 e. The standard InChI is InChI=1S/C10H12BrN3/c1-3-7(2)14-10-9(11)4-8(5-12)6-13-10/h4,6-7H,3H2,1-2H3,(H,13,14). The highest BCUT2D eigenvalue weighted by Gasteiger charge is 2.05. The molecule has 4 heteroatoms. The Morgan fingerprint density at radius 3 is 2.93 bits per heavy atom. The van der Waals surface area contributed by atoms with Gasteiger partial charge < -0.3 is 5.32 Å². The van der Waals surface area contributed by atoms with E-state index >= 15 is 0 Å². The average Bonchev–Trinajstić information content (AvgIpc) is 2.20. The van der Waals surface area contributed by atoms with Crippen molar-refractivity contribution >= 4 is 21.7 Å². The van der Waals surface area contributed by atoms with Gasteiger partial charge in [0.15, 0.2) is 0 Å². The minimum absolute atomic E-state index is 0.381. The van der Waals surface area contributed by atoms with E-state index in [2.05, 4.69) is 40.1 Å². The minimum atomic E-state index is 0.381. The van der Waals surface area contributed by atoms with Crippen LogP contribution in [0.5, 0.6) is 0 Å². The number of nitrogens with zero attached hydrogens (tertiary/aromatic N) is 2. The highest BCUT2D eigenvalue weighted by atomic mass is 79.9. The second-order valence-electron chi connectivity index (χ2n) is 3.12. The smallest absolute Gasteiger partial charge is 0.140 e. The molecule has 0 aliphatic rings. The number of hydrogen-bond acceptors (Lipinski definition) is 3. The van der Waals surface area contributed by atoms with Crippen molar-refractivity contribution in [2.45, 2.75) is 26.3 Å². The van der Waals surface area contributed by atoms with Crippen molar-refractivity contribution in [3.8, 4) is 6.07 Å². The van der Waals surface area contributed by atoms with Crippen LogP contribution in [0.1, 0.15) is 25.8 Å². The molecular weight excluding hydrogens is 242 g/mol. The lowest BCUT2D eigenvalue weighted by Crippen LogP contribution is -2.14. The lowest BCUT2D eigenvalue weighted by atomic mass is 10.2. The summed E-state index contributed by atoms with van der Waals surface area (Å²) in [5, 5.41) is 11.9. The molecule has 1 rings (SSSR count). The van der Waals surface area contributed by atoms with Gasteiger partial charge in [-0.2, -0.15) is 5.26 Å². The quantitative estimate of drug-likeness (QED) is 0.902. The van der Waals surface area contributed by atoms with Crippen LogP contribution in [0, 0.1) is 11.3 Å². The van der Waals surface area contributed by atoms with Crippen molar-refractivity contribution in [3.63, 3.8) is 0 Å². The minimum Gasteiger partial charge on any atom is -0.367 e. The predicted molar refractivity (Wildman–Crippen MR) is 60.0 cm³/mol. The van der Waals surface area contributed by atoms with Crippen LogP contribution in [-0.2, 0) is 0 Å². The summed E-state index contributed by atoms with van der Waals surface area (Å²) in [7, 11) is 0. The van der Waals surface area contributed by atoms with Crippen molar-refractivity contribution in [2.24, 2.45) is 0 Å². The fraction of sp³-hybridized carbons (Fsp3) is 0.400. The summed E-state index contributed by atoms with van der Waals surface area (Å²) in [6, 6.07) is 4.18. The molecule has 14 heavy (non-hydrogen) atoms. The summed E-state index contributed by atoms with van der Waals surface area (Å²) in [5.41, 5.74) is 0.562. The van der Waals surface area contributed by atoms with Crippen LogP contribution in [0.2, 0.25) is 0 Å². The van der Waals surface area contributed by atoms with Crippen molar-refractivity contribution in [1.29, 1.82) is 5.26 Å². The predicted octanol–water partition coefficient (Wildman–Crippen LogP) is 2.93. The fourth-order valence-corrected chi connectivity index (χ4v) is 1.40. The molecular formula is C10H12BrN3. The molecule has 0 aliphatic heterocycles. The third-order valence-corrected chi connectivity index (χ3v) is 2.57. The van der Waals surface area contributed by atoms with Crippen LogP contribution < -0.4 is 5.32 Å². The Labute approximate surface area is 92.3 Å². The van der Waals surface area contributed by atoms with E-state index in [4.69, 9.17) is 5.26 Å². The van der Waals surface area contributed by atoms with Gasteiger partial charge in [-0.15, -0.1) is 0 Å². The summed E-state index contributed by atoms with van der Waals surface area (Å²) in [6.07, 6.45) is 2.60. The van der Waals surface area contributed by atoms with E-state index in [1.54, 1.807) is 12.3 Å². The topological polar surface area (TPSA) is 48.7 Å². The number of nitrogens with one attached hydrogen (secondary N) is 1. The number of anilines is 1. The fourth-order valence-electron chi connectivity index (χ4n) is 0.941. The second kappa shape index (κ2) is 4.97. The molecule has 1 unspecified atom stereocenters. The third kappa shape index (κ3) is 2.71. The van der Waals surface area contributed by atoms with Gasteiger partial charge in [0.05, 0.1) is 10.0 Å². The molecule has 3 nitrogen and oxygen atoms in total. The first kappa shape index (κ1) is 11.0. The van der Waals surface area contributed by atoms with E-state index in [1.165, 1.54) is 0 Å². The average molecular weight is 254 g/mol. The number of aromatic nitrogens is 1. The largest absolute Gasteiger partial charge is 0.367 e. The molecule has 0 aromatic carbocycles. The molecule has 0 fully saturated rings. The monoisotopic (exact) mass is 253 g/mol. The summed E-state index contributed by atoms with van der Waals surface area (Å²) in [6.45, 7) is 4.20. The molecule has 0 saturated heterocycles. The normalized spacial score (nSPS) is 11.9. The molecule has 1 aromatic heterocycles. The Balaban J connectivity index is 2.85. The van der Waals surface area contributed by atoms with Crippen LogP contribution in [0.3, 0.4) is 0 Å². The van der Waals surface area contributed by atoms with Gasteiger partial charge in [-0.1, -0.05) is 6.92 Å². The maximum atomic E-state index is 8.65. The number of halogens is 1. The first-order valence-corrected chi connectivity index (χ1v) is 5.28. The van der Waals surface area contributed by atoms with Crippen molar-refractivity contribution in [1.82, 2.24) is 4.98 Å². The summed E-state index contributed by atoms with van der Waals surface area (Å²) < 4.78 is 0.830. The van der Waals surface area contributed by atoms with E-state index in [-0.39, 0.29) is 0 Å². The van der Waals surface area contributed by atoms with Crippen LogP contribution >= 0.6 is 15.9 Å². The van der Waals surface area contributed by atoms with E-state index in [0.717, 1.165) is 16.7 Å². The lowest BCUT2D eigenvalue weighted by molar-refractivity contribution is 0.758. The van der Waals surface area contributed by atoms with Crippen molar-refractivity contribution in [2.75, 3.05) is 5.32 Å². The highest BCUT2D eigenvalue weighted by molar-refractivity contribution is 9.10. The van der Waals surface area contributed by atoms with Gasteiger partial charge in [0.2, 0.25) is 0 Å². The van der Waals surface area contributed by atoms with E-state index in [0.29, 0.717) is 11.6 Å². The maximum absolute atomic E-state index is 8.65. The highest BCUT2D eigenvalue weighted by Crippen LogP contribution is 2.21. The molecule has 74 valence electrons. The molecule has 0 bridgehead atoms. The molecule has 0 saturated carbocycles. The van der Waals surface area contributed by atoms with Crippen LogP contribution in [0.15, 0.2) is 16.7 Å². The zero-order valence-electron chi connectivity index (χ0n) is 8.21. The SMILES string of the molecule is CCC(C)Nc1ncc(C#N)cc1Br. The van der Waals surface area contributed by atoms with Crippen LogP contribution in [0.25, 0.3) is 0 Å². The summed E-state index contributed by atoms with van der Waals surface area (Å²) in [4.78, 5) is 4.16. The lowest BCUT2D eigenvalue weighted by Gasteiger charge is -2.13. The van der Waals surface area contributed by atoms with E-state index < -0.39 is 0 Å².